The topological polar surface area (TPSA) is 64.2 Å². The highest BCUT2D eigenvalue weighted by Crippen LogP contribution is 2.13. The van der Waals surface area contributed by atoms with Gasteiger partial charge in [0.25, 0.3) is 0 Å². The van der Waals surface area contributed by atoms with E-state index in [2.05, 4.69) is 15.0 Å². The predicted octanol–water partition coefficient (Wildman–Crippen LogP) is 1.54. The summed E-state index contributed by atoms with van der Waals surface area (Å²) in [5.41, 5.74) is 6.17. The molecular weight excluding hydrogens is 188 g/mol. The van der Waals surface area contributed by atoms with E-state index in [-0.39, 0.29) is 0 Å². The third kappa shape index (κ3) is 2.66. The van der Waals surface area contributed by atoms with Crippen LogP contribution in [-0.2, 0) is 0 Å². The first-order chi connectivity index (χ1) is 6.25. The molecule has 5 heteroatoms. The van der Waals surface area contributed by atoms with Crippen molar-refractivity contribution in [3.63, 3.8) is 0 Å². The quantitative estimate of drug-likeness (QED) is 0.592. The van der Waals surface area contributed by atoms with Gasteiger partial charge in [-0.2, -0.15) is 0 Å². The third-order valence-corrected chi connectivity index (χ3v) is 1.74. The van der Waals surface area contributed by atoms with Gasteiger partial charge in [-0.25, -0.2) is 9.97 Å². The number of halogens is 1. The summed E-state index contributed by atoms with van der Waals surface area (Å²) in [4.78, 5) is 11.7. The van der Waals surface area contributed by atoms with Gasteiger partial charge < -0.3 is 5.73 Å². The lowest BCUT2D eigenvalue weighted by atomic mass is 10.3. The Bertz CT molecular complexity index is 291. The molecule has 0 aliphatic heterocycles. The molecule has 0 aliphatic carbocycles. The van der Waals surface area contributed by atoms with Crippen molar-refractivity contribution in [2.75, 3.05) is 12.3 Å². The van der Waals surface area contributed by atoms with E-state index in [0.29, 0.717) is 16.5 Å². The van der Waals surface area contributed by atoms with Crippen LogP contribution < -0.4 is 5.73 Å². The summed E-state index contributed by atoms with van der Waals surface area (Å²) in [7, 11) is 0. The molecule has 0 atom stereocenters. The molecule has 0 saturated carbocycles. The van der Waals surface area contributed by atoms with Crippen molar-refractivity contribution in [3.8, 4) is 0 Å². The summed E-state index contributed by atoms with van der Waals surface area (Å²) in [5.74, 6) is 0.361. The van der Waals surface area contributed by atoms with Gasteiger partial charge >= 0.3 is 0 Å². The number of anilines is 1. The molecule has 0 aromatic carbocycles. The second-order valence-electron chi connectivity index (χ2n) is 2.50. The highest BCUT2D eigenvalue weighted by atomic mass is 35.5. The van der Waals surface area contributed by atoms with E-state index in [1.165, 1.54) is 6.33 Å². The van der Waals surface area contributed by atoms with Crippen LogP contribution in [0.4, 0.5) is 5.82 Å². The molecule has 1 aromatic heterocycles. The molecule has 70 valence electrons. The van der Waals surface area contributed by atoms with Crippen LogP contribution in [0.2, 0.25) is 5.15 Å². The van der Waals surface area contributed by atoms with Crippen molar-refractivity contribution in [2.45, 2.75) is 13.3 Å². The maximum atomic E-state index is 5.79. The minimum Gasteiger partial charge on any atom is -0.383 e. The van der Waals surface area contributed by atoms with Gasteiger partial charge in [0.1, 0.15) is 17.3 Å². The molecular formula is C8H11ClN4. The van der Waals surface area contributed by atoms with E-state index < -0.39 is 0 Å². The molecule has 0 spiro atoms. The molecule has 1 aromatic rings. The fraction of sp³-hybridized carbons (Fsp3) is 0.375. The lowest BCUT2D eigenvalue weighted by Crippen LogP contribution is -1.99. The van der Waals surface area contributed by atoms with Crippen LogP contribution >= 0.6 is 11.6 Å². The van der Waals surface area contributed by atoms with E-state index >= 15 is 0 Å². The highest BCUT2D eigenvalue weighted by Gasteiger charge is 2.02. The first-order valence-electron chi connectivity index (χ1n) is 4.01. The molecule has 2 N–H and O–H groups in total. The number of nitrogens with zero attached hydrogens (tertiary/aromatic N) is 3. The maximum absolute atomic E-state index is 5.79. The molecule has 1 heterocycles. The molecule has 0 bridgehead atoms. The van der Waals surface area contributed by atoms with Crippen molar-refractivity contribution in [2.24, 2.45) is 4.99 Å². The largest absolute Gasteiger partial charge is 0.383 e. The van der Waals surface area contributed by atoms with Crippen LogP contribution in [0.15, 0.2) is 11.3 Å². The summed E-state index contributed by atoms with van der Waals surface area (Å²) in [6.07, 6.45) is 3.93. The average molecular weight is 199 g/mol. The highest BCUT2D eigenvalue weighted by molar-refractivity contribution is 6.32. The summed E-state index contributed by atoms with van der Waals surface area (Å²) in [5, 5.41) is 0.340. The van der Waals surface area contributed by atoms with Crippen LogP contribution in [0.3, 0.4) is 0 Å². The Morgan fingerprint density at radius 2 is 2.38 bits per heavy atom. The van der Waals surface area contributed by atoms with Crippen molar-refractivity contribution >= 4 is 23.6 Å². The van der Waals surface area contributed by atoms with Crippen molar-refractivity contribution in [1.29, 1.82) is 0 Å². The van der Waals surface area contributed by atoms with Gasteiger partial charge in [-0.05, 0) is 6.42 Å². The zero-order chi connectivity index (χ0) is 9.68. The molecule has 0 amide bonds. The number of hydrogen-bond donors (Lipinski definition) is 1. The molecule has 0 fully saturated rings. The van der Waals surface area contributed by atoms with E-state index in [0.717, 1.165) is 13.0 Å². The standard InChI is InChI=1S/C8H11ClN4/c1-2-3-11-4-6-7(9)12-5-13-8(6)10/h4-5H,2-3H2,1H3,(H2,10,12,13). The normalized spacial score (nSPS) is 10.9. The van der Waals surface area contributed by atoms with E-state index in [1.807, 2.05) is 6.92 Å². The first-order valence-corrected chi connectivity index (χ1v) is 4.39. The van der Waals surface area contributed by atoms with E-state index in [1.54, 1.807) is 6.21 Å². The minimum atomic E-state index is 0.340. The smallest absolute Gasteiger partial charge is 0.143 e. The van der Waals surface area contributed by atoms with Gasteiger partial charge in [0, 0.05) is 12.8 Å². The van der Waals surface area contributed by atoms with Gasteiger partial charge in [-0.3, -0.25) is 4.99 Å². The summed E-state index contributed by atoms with van der Waals surface area (Å²) < 4.78 is 0. The van der Waals surface area contributed by atoms with Crippen LogP contribution in [-0.4, -0.2) is 22.7 Å². The summed E-state index contributed by atoms with van der Waals surface area (Å²) in [6, 6.07) is 0. The number of hydrogen-bond acceptors (Lipinski definition) is 4. The van der Waals surface area contributed by atoms with Crippen molar-refractivity contribution in [1.82, 2.24) is 9.97 Å². The van der Waals surface area contributed by atoms with Gasteiger partial charge in [-0.15, -0.1) is 0 Å². The predicted molar refractivity (Wildman–Crippen MR) is 54.2 cm³/mol. The number of rotatable bonds is 3. The second-order valence-corrected chi connectivity index (χ2v) is 2.86. The molecule has 0 radical (unpaired) electrons. The Morgan fingerprint density at radius 3 is 3.00 bits per heavy atom. The van der Waals surface area contributed by atoms with Gasteiger partial charge in [-0.1, -0.05) is 18.5 Å². The van der Waals surface area contributed by atoms with Crippen LogP contribution in [0.5, 0.6) is 0 Å². The molecule has 0 aliphatic rings. The number of nitrogen functional groups attached to an aromatic ring is 1. The van der Waals surface area contributed by atoms with E-state index in [9.17, 15) is 0 Å². The van der Waals surface area contributed by atoms with Gasteiger partial charge in [0.2, 0.25) is 0 Å². The fourth-order valence-corrected chi connectivity index (χ4v) is 0.980. The minimum absolute atomic E-state index is 0.340. The monoisotopic (exact) mass is 198 g/mol. The van der Waals surface area contributed by atoms with Crippen LogP contribution in [0.25, 0.3) is 0 Å². The summed E-state index contributed by atoms with van der Waals surface area (Å²) in [6.45, 7) is 2.80. The number of aromatic nitrogens is 2. The maximum Gasteiger partial charge on any atom is 0.143 e. The van der Waals surface area contributed by atoms with Crippen molar-refractivity contribution < 1.29 is 0 Å². The summed E-state index contributed by atoms with van der Waals surface area (Å²) >= 11 is 5.79. The Morgan fingerprint density at radius 1 is 1.62 bits per heavy atom. The number of nitrogens with two attached hydrogens (primary N) is 1. The SMILES string of the molecule is CCCN=Cc1c(N)ncnc1Cl. The molecule has 4 nitrogen and oxygen atoms in total. The van der Waals surface area contributed by atoms with E-state index in [4.69, 9.17) is 17.3 Å². The zero-order valence-electron chi connectivity index (χ0n) is 7.37. The van der Waals surface area contributed by atoms with Gasteiger partial charge in [0.05, 0.1) is 5.56 Å². The lowest BCUT2D eigenvalue weighted by molar-refractivity contribution is 0.936. The average Bonchev–Trinajstić information content (AvgIpc) is 2.10. The third-order valence-electron chi connectivity index (χ3n) is 1.44. The molecule has 1 rings (SSSR count). The van der Waals surface area contributed by atoms with Crippen molar-refractivity contribution in [3.05, 3.63) is 17.0 Å². The lowest BCUT2D eigenvalue weighted by Gasteiger charge is -1.98. The zero-order valence-corrected chi connectivity index (χ0v) is 8.12. The van der Waals surface area contributed by atoms with Crippen LogP contribution in [0.1, 0.15) is 18.9 Å². The number of aliphatic imine (C=N–C) groups is 1. The Kier molecular flexibility index (Phi) is 3.64. The van der Waals surface area contributed by atoms with Gasteiger partial charge in [0.15, 0.2) is 0 Å². The molecule has 0 saturated heterocycles. The Balaban J connectivity index is 2.87. The second kappa shape index (κ2) is 4.77. The van der Waals surface area contributed by atoms with Crippen LogP contribution in [0, 0.1) is 0 Å². The first kappa shape index (κ1) is 9.92. The Labute approximate surface area is 81.9 Å². The fourth-order valence-electron chi connectivity index (χ4n) is 0.791. The molecule has 0 unspecified atom stereocenters. The Hall–Kier alpha value is -1.16. The molecule has 13 heavy (non-hydrogen) atoms.